The number of aliphatic carboxylic acids is 1. The van der Waals surface area contributed by atoms with Crippen molar-refractivity contribution in [2.24, 2.45) is 0 Å². The molecule has 0 bridgehead atoms. The maximum absolute atomic E-state index is 11.8. The largest absolute Gasteiger partial charge is 0.480 e. The van der Waals surface area contributed by atoms with Crippen molar-refractivity contribution in [3.8, 4) is 12.3 Å². The van der Waals surface area contributed by atoms with E-state index in [1.165, 1.54) is 7.05 Å². The predicted octanol–water partition coefficient (Wildman–Crippen LogP) is -0.897. The smallest absolute Gasteiger partial charge is 0.323 e. The molecule has 0 radical (unpaired) electrons. The zero-order chi connectivity index (χ0) is 14.3. The van der Waals surface area contributed by atoms with Gasteiger partial charge in [-0.3, -0.25) is 4.79 Å². The molecule has 0 aromatic rings. The first kappa shape index (κ1) is 16.2. The Morgan fingerprint density at radius 3 is 2.33 bits per heavy atom. The Labute approximate surface area is 106 Å². The van der Waals surface area contributed by atoms with Gasteiger partial charge in [-0.25, -0.2) is 13.2 Å². The van der Waals surface area contributed by atoms with Gasteiger partial charge in [0.2, 0.25) is 0 Å². The van der Waals surface area contributed by atoms with E-state index in [2.05, 4.69) is 5.92 Å². The van der Waals surface area contributed by atoms with Crippen LogP contribution in [0.25, 0.3) is 0 Å². The molecule has 102 valence electrons. The van der Waals surface area contributed by atoms with Crippen LogP contribution in [-0.2, 0) is 14.6 Å². The van der Waals surface area contributed by atoms with E-state index in [4.69, 9.17) is 11.5 Å². The highest BCUT2D eigenvalue weighted by atomic mass is 32.2. The minimum atomic E-state index is -3.18. The van der Waals surface area contributed by atoms with E-state index in [9.17, 15) is 18.0 Å². The Morgan fingerprint density at radius 1 is 1.39 bits per heavy atom. The van der Waals surface area contributed by atoms with Crippen LogP contribution in [0, 0.1) is 12.3 Å². The number of nitrogens with zero attached hydrogens (tertiary/aromatic N) is 2. The molecule has 7 nitrogen and oxygen atoms in total. The predicted molar refractivity (Wildman–Crippen MR) is 65.8 cm³/mol. The Balaban J connectivity index is 4.57. The average Bonchev–Trinajstić information content (AvgIpc) is 2.22. The fourth-order valence-corrected chi connectivity index (χ4v) is 1.71. The summed E-state index contributed by atoms with van der Waals surface area (Å²) < 4.78 is 21.9. The van der Waals surface area contributed by atoms with E-state index in [0.29, 0.717) is 0 Å². The third-order valence-electron chi connectivity index (χ3n) is 2.00. The van der Waals surface area contributed by atoms with Gasteiger partial charge in [0.25, 0.3) is 0 Å². The van der Waals surface area contributed by atoms with E-state index in [0.717, 1.165) is 16.1 Å². The minimum absolute atomic E-state index is 0.0155. The molecule has 8 heteroatoms. The second-order valence-electron chi connectivity index (χ2n) is 3.79. The van der Waals surface area contributed by atoms with E-state index in [1.807, 2.05) is 0 Å². The van der Waals surface area contributed by atoms with Crippen LogP contribution in [0.1, 0.15) is 0 Å². The summed E-state index contributed by atoms with van der Waals surface area (Å²) in [4.78, 5) is 24.4. The van der Waals surface area contributed by atoms with Crippen LogP contribution in [0.4, 0.5) is 4.79 Å². The Morgan fingerprint density at radius 2 is 1.94 bits per heavy atom. The normalized spacial score (nSPS) is 10.5. The first-order valence-electron chi connectivity index (χ1n) is 5.00. The highest BCUT2D eigenvalue weighted by Gasteiger charge is 2.20. The van der Waals surface area contributed by atoms with Gasteiger partial charge in [-0.05, 0) is 0 Å². The van der Waals surface area contributed by atoms with E-state index in [1.54, 1.807) is 0 Å². The molecule has 0 atom stereocenters. The number of hydrogen-bond donors (Lipinski definition) is 1. The standard InChI is InChI=1S/C10H16N2O5S/c1-4-5-12(8-9(13)14)10(15)11(2)6-7-18(3,16)17/h1H,5-8H2,2-3H3,(H,13,14). The van der Waals surface area contributed by atoms with Crippen LogP contribution >= 0.6 is 0 Å². The maximum atomic E-state index is 11.8. The molecule has 1 N–H and O–H groups in total. The molecular weight excluding hydrogens is 260 g/mol. The number of sulfone groups is 1. The number of amides is 2. The van der Waals surface area contributed by atoms with Crippen LogP contribution in [0.15, 0.2) is 0 Å². The molecule has 0 aliphatic carbocycles. The summed E-state index contributed by atoms with van der Waals surface area (Å²) in [6.45, 7) is -0.682. The number of hydrogen-bond acceptors (Lipinski definition) is 4. The van der Waals surface area contributed by atoms with Crippen molar-refractivity contribution in [2.75, 3.05) is 38.7 Å². The molecule has 0 aromatic carbocycles. The molecule has 0 heterocycles. The van der Waals surface area contributed by atoms with Gasteiger partial charge in [0.15, 0.2) is 0 Å². The molecule has 0 aliphatic heterocycles. The zero-order valence-corrected chi connectivity index (χ0v) is 11.1. The third kappa shape index (κ3) is 6.75. The van der Waals surface area contributed by atoms with Crippen molar-refractivity contribution < 1.29 is 23.1 Å². The molecule has 0 unspecified atom stereocenters. The minimum Gasteiger partial charge on any atom is -0.480 e. The molecule has 0 aromatic heterocycles. The van der Waals surface area contributed by atoms with E-state index in [-0.39, 0.29) is 18.8 Å². The second kappa shape index (κ2) is 6.86. The SMILES string of the molecule is C#CCN(CC(=O)O)C(=O)N(C)CCS(C)(=O)=O. The van der Waals surface area contributed by atoms with Crippen molar-refractivity contribution in [1.82, 2.24) is 9.80 Å². The summed E-state index contributed by atoms with van der Waals surface area (Å²) in [6, 6.07) is -0.612. The summed E-state index contributed by atoms with van der Waals surface area (Å²) in [5, 5.41) is 8.62. The summed E-state index contributed by atoms with van der Waals surface area (Å²) in [7, 11) is -1.80. The Bertz CT molecular complexity index is 451. The summed E-state index contributed by atoms with van der Waals surface area (Å²) in [6.07, 6.45) is 6.09. The third-order valence-corrected chi connectivity index (χ3v) is 2.93. The van der Waals surface area contributed by atoms with Crippen LogP contribution in [0.5, 0.6) is 0 Å². The van der Waals surface area contributed by atoms with Crippen LogP contribution in [0.2, 0.25) is 0 Å². The lowest BCUT2D eigenvalue weighted by Crippen LogP contribution is -2.45. The molecule has 0 fully saturated rings. The van der Waals surface area contributed by atoms with Gasteiger partial charge in [-0.15, -0.1) is 6.42 Å². The number of urea groups is 1. The molecule has 18 heavy (non-hydrogen) atoms. The first-order valence-corrected chi connectivity index (χ1v) is 7.06. The van der Waals surface area contributed by atoms with Crippen molar-refractivity contribution in [3.05, 3.63) is 0 Å². The van der Waals surface area contributed by atoms with Gasteiger partial charge in [0.1, 0.15) is 16.4 Å². The molecule has 0 rings (SSSR count). The highest BCUT2D eigenvalue weighted by molar-refractivity contribution is 7.90. The maximum Gasteiger partial charge on any atom is 0.323 e. The summed E-state index contributed by atoms with van der Waals surface area (Å²) in [5.74, 6) is 0.805. The zero-order valence-electron chi connectivity index (χ0n) is 10.3. The average molecular weight is 276 g/mol. The lowest BCUT2D eigenvalue weighted by atomic mass is 10.4. The van der Waals surface area contributed by atoms with E-state index < -0.39 is 28.4 Å². The molecule has 2 amide bonds. The lowest BCUT2D eigenvalue weighted by Gasteiger charge is -2.25. The lowest BCUT2D eigenvalue weighted by molar-refractivity contribution is -0.137. The fraction of sp³-hybridized carbons (Fsp3) is 0.600. The van der Waals surface area contributed by atoms with Gasteiger partial charge in [-0.2, -0.15) is 0 Å². The monoisotopic (exact) mass is 276 g/mol. The summed E-state index contributed by atoms with van der Waals surface area (Å²) >= 11 is 0. The van der Waals surface area contributed by atoms with Gasteiger partial charge >= 0.3 is 12.0 Å². The van der Waals surface area contributed by atoms with Crippen molar-refractivity contribution in [2.45, 2.75) is 0 Å². The van der Waals surface area contributed by atoms with Crippen LogP contribution < -0.4 is 0 Å². The molecule has 0 saturated carbocycles. The molecule has 0 saturated heterocycles. The highest BCUT2D eigenvalue weighted by Crippen LogP contribution is 1.98. The number of carbonyl (C=O) groups is 2. The van der Waals surface area contributed by atoms with E-state index >= 15 is 0 Å². The molecule has 0 aliphatic rings. The van der Waals surface area contributed by atoms with Gasteiger partial charge in [0.05, 0.1) is 12.3 Å². The number of rotatable bonds is 6. The fourth-order valence-electron chi connectivity index (χ4n) is 1.10. The first-order chi connectivity index (χ1) is 8.17. The Kier molecular flexibility index (Phi) is 6.19. The van der Waals surface area contributed by atoms with Gasteiger partial charge in [0, 0.05) is 19.8 Å². The van der Waals surface area contributed by atoms with Gasteiger partial charge < -0.3 is 14.9 Å². The second-order valence-corrected chi connectivity index (χ2v) is 6.05. The van der Waals surface area contributed by atoms with Crippen molar-refractivity contribution >= 4 is 21.8 Å². The van der Waals surface area contributed by atoms with Crippen LogP contribution in [0.3, 0.4) is 0 Å². The number of carboxylic acids is 1. The van der Waals surface area contributed by atoms with Gasteiger partial charge in [-0.1, -0.05) is 5.92 Å². The molecule has 0 spiro atoms. The molecular formula is C10H16N2O5S. The number of carbonyl (C=O) groups excluding carboxylic acids is 1. The number of terminal acetylenes is 1. The summed E-state index contributed by atoms with van der Waals surface area (Å²) in [5.41, 5.74) is 0. The van der Waals surface area contributed by atoms with Crippen molar-refractivity contribution in [1.29, 1.82) is 0 Å². The quantitative estimate of drug-likeness (QED) is 0.635. The topological polar surface area (TPSA) is 95.0 Å². The number of carboxylic acid groups (broad SMARTS) is 1. The van der Waals surface area contributed by atoms with Crippen LogP contribution in [-0.4, -0.2) is 74.0 Å². The Hall–Kier alpha value is -1.75. The van der Waals surface area contributed by atoms with Crippen molar-refractivity contribution in [3.63, 3.8) is 0 Å².